The van der Waals surface area contributed by atoms with E-state index in [1.165, 1.54) is 7.11 Å². The molecule has 0 aliphatic carbocycles. The molecular formula is C22H23N3O3. The molecule has 0 bridgehead atoms. The SMILES string of the molecule is COC(=O)c1ccc(N2CCN(c3nc4ccccc4cc3CO)CC2)cc1. The monoisotopic (exact) mass is 377 g/mol. The maximum absolute atomic E-state index is 11.6. The number of carbonyl (C=O) groups is 1. The number of hydrogen-bond donors (Lipinski definition) is 1. The van der Waals surface area contributed by atoms with Crippen molar-refractivity contribution in [3.63, 3.8) is 0 Å². The van der Waals surface area contributed by atoms with Gasteiger partial charge in [-0.3, -0.25) is 0 Å². The quantitative estimate of drug-likeness (QED) is 0.706. The Morgan fingerprint density at radius 2 is 1.71 bits per heavy atom. The Hall–Kier alpha value is -3.12. The van der Waals surface area contributed by atoms with Gasteiger partial charge in [0.25, 0.3) is 0 Å². The molecule has 6 heteroatoms. The number of nitrogens with zero attached hydrogens (tertiary/aromatic N) is 3. The third-order valence-corrected chi connectivity index (χ3v) is 5.18. The molecule has 2 aromatic carbocycles. The van der Waals surface area contributed by atoms with E-state index >= 15 is 0 Å². The number of hydrogen-bond acceptors (Lipinski definition) is 6. The van der Waals surface area contributed by atoms with Crippen LogP contribution in [0.2, 0.25) is 0 Å². The summed E-state index contributed by atoms with van der Waals surface area (Å²) in [6.45, 7) is 3.30. The Labute approximate surface area is 164 Å². The maximum atomic E-state index is 11.6. The van der Waals surface area contributed by atoms with Gasteiger partial charge in [0.1, 0.15) is 5.82 Å². The Balaban J connectivity index is 1.49. The number of anilines is 2. The lowest BCUT2D eigenvalue weighted by atomic mass is 10.1. The summed E-state index contributed by atoms with van der Waals surface area (Å²) in [4.78, 5) is 20.9. The number of piperazine rings is 1. The zero-order valence-corrected chi connectivity index (χ0v) is 15.8. The number of esters is 1. The minimum absolute atomic E-state index is 0.0254. The summed E-state index contributed by atoms with van der Waals surface area (Å²) in [7, 11) is 1.39. The van der Waals surface area contributed by atoms with Crippen LogP contribution in [0.25, 0.3) is 10.9 Å². The predicted octanol–water partition coefficient (Wildman–Crippen LogP) is 2.84. The molecule has 0 atom stereocenters. The first-order valence-corrected chi connectivity index (χ1v) is 9.37. The third kappa shape index (κ3) is 3.51. The summed E-state index contributed by atoms with van der Waals surface area (Å²) in [6.07, 6.45) is 0. The number of aliphatic hydroxyl groups excluding tert-OH is 1. The van der Waals surface area contributed by atoms with Crippen molar-refractivity contribution in [3.8, 4) is 0 Å². The highest BCUT2D eigenvalue weighted by Crippen LogP contribution is 2.26. The number of fused-ring (bicyclic) bond motifs is 1. The van der Waals surface area contributed by atoms with Crippen molar-refractivity contribution >= 4 is 28.4 Å². The fourth-order valence-corrected chi connectivity index (χ4v) is 3.64. The number of pyridine rings is 1. The van der Waals surface area contributed by atoms with Gasteiger partial charge in [0.2, 0.25) is 0 Å². The number of rotatable bonds is 4. The Morgan fingerprint density at radius 1 is 1.04 bits per heavy atom. The van der Waals surface area contributed by atoms with E-state index < -0.39 is 0 Å². The zero-order chi connectivity index (χ0) is 19.5. The molecule has 1 aromatic heterocycles. The standard InChI is InChI=1S/C22H23N3O3/c1-28-22(27)16-6-8-19(9-7-16)24-10-12-25(13-11-24)21-18(15-26)14-17-4-2-3-5-20(17)23-21/h2-9,14,26H,10-13,15H2,1H3. The minimum Gasteiger partial charge on any atom is -0.465 e. The van der Waals surface area contributed by atoms with E-state index in [2.05, 4.69) is 9.80 Å². The van der Waals surface area contributed by atoms with E-state index in [-0.39, 0.29) is 12.6 Å². The van der Waals surface area contributed by atoms with Gasteiger partial charge in [-0.15, -0.1) is 0 Å². The molecule has 0 radical (unpaired) electrons. The van der Waals surface area contributed by atoms with Crippen molar-refractivity contribution in [1.82, 2.24) is 4.98 Å². The highest BCUT2D eigenvalue weighted by Gasteiger charge is 2.21. The number of carbonyl (C=O) groups excluding carboxylic acids is 1. The van der Waals surface area contributed by atoms with Crippen LogP contribution in [0.15, 0.2) is 54.6 Å². The molecule has 0 saturated carbocycles. The summed E-state index contributed by atoms with van der Waals surface area (Å²) >= 11 is 0. The molecule has 3 aromatic rings. The fourth-order valence-electron chi connectivity index (χ4n) is 3.64. The number of methoxy groups -OCH3 is 1. The van der Waals surface area contributed by atoms with Crippen LogP contribution in [0.3, 0.4) is 0 Å². The summed E-state index contributed by atoms with van der Waals surface area (Å²) in [6, 6.07) is 17.5. The lowest BCUT2D eigenvalue weighted by molar-refractivity contribution is 0.0600. The summed E-state index contributed by atoms with van der Waals surface area (Å²) < 4.78 is 4.75. The van der Waals surface area contributed by atoms with Gasteiger partial charge in [0.05, 0.1) is 24.8 Å². The highest BCUT2D eigenvalue weighted by atomic mass is 16.5. The average molecular weight is 377 g/mol. The second-order valence-corrected chi connectivity index (χ2v) is 6.83. The summed E-state index contributed by atoms with van der Waals surface area (Å²) in [5.74, 6) is 0.539. The van der Waals surface area contributed by atoms with Crippen molar-refractivity contribution in [2.24, 2.45) is 0 Å². The third-order valence-electron chi connectivity index (χ3n) is 5.18. The van der Waals surface area contributed by atoms with Crippen LogP contribution in [0.5, 0.6) is 0 Å². The molecule has 1 saturated heterocycles. The van der Waals surface area contributed by atoms with Crippen LogP contribution in [-0.4, -0.2) is 49.3 Å². The lowest BCUT2D eigenvalue weighted by Crippen LogP contribution is -2.47. The van der Waals surface area contributed by atoms with Crippen LogP contribution < -0.4 is 9.80 Å². The second-order valence-electron chi connectivity index (χ2n) is 6.83. The number of aliphatic hydroxyl groups is 1. The number of benzene rings is 2. The van der Waals surface area contributed by atoms with Gasteiger partial charge >= 0.3 is 5.97 Å². The number of para-hydroxylation sites is 1. The molecule has 1 aliphatic heterocycles. The summed E-state index contributed by atoms with van der Waals surface area (Å²) in [5.41, 5.74) is 3.43. The first-order chi connectivity index (χ1) is 13.7. The molecule has 1 aliphatic rings. The Morgan fingerprint density at radius 3 is 2.39 bits per heavy atom. The smallest absolute Gasteiger partial charge is 0.337 e. The van der Waals surface area contributed by atoms with Crippen LogP contribution in [0, 0.1) is 0 Å². The zero-order valence-electron chi connectivity index (χ0n) is 15.8. The van der Waals surface area contributed by atoms with Gasteiger partial charge in [0.15, 0.2) is 0 Å². The van der Waals surface area contributed by atoms with E-state index in [9.17, 15) is 9.90 Å². The number of ether oxygens (including phenoxy) is 1. The van der Waals surface area contributed by atoms with Gasteiger partial charge in [-0.05, 0) is 36.4 Å². The van der Waals surface area contributed by atoms with Crippen molar-refractivity contribution in [3.05, 3.63) is 65.7 Å². The molecule has 4 rings (SSSR count). The molecule has 28 heavy (non-hydrogen) atoms. The maximum Gasteiger partial charge on any atom is 0.337 e. The van der Waals surface area contributed by atoms with Crippen molar-refractivity contribution < 1.29 is 14.6 Å². The molecule has 6 nitrogen and oxygen atoms in total. The summed E-state index contributed by atoms with van der Waals surface area (Å²) in [5, 5.41) is 10.9. The largest absolute Gasteiger partial charge is 0.465 e. The van der Waals surface area contributed by atoms with Crippen molar-refractivity contribution in [2.75, 3.05) is 43.1 Å². The van der Waals surface area contributed by atoms with Gasteiger partial charge in [-0.25, -0.2) is 9.78 Å². The highest BCUT2D eigenvalue weighted by molar-refractivity contribution is 5.89. The van der Waals surface area contributed by atoms with Crippen molar-refractivity contribution in [2.45, 2.75) is 6.61 Å². The first kappa shape index (κ1) is 18.3. The van der Waals surface area contributed by atoms with Gasteiger partial charge in [-0.1, -0.05) is 18.2 Å². The molecule has 1 fully saturated rings. The van der Waals surface area contributed by atoms with E-state index in [0.717, 1.165) is 54.2 Å². The van der Waals surface area contributed by atoms with Crippen LogP contribution in [-0.2, 0) is 11.3 Å². The molecule has 0 spiro atoms. The lowest BCUT2D eigenvalue weighted by Gasteiger charge is -2.37. The predicted molar refractivity (Wildman–Crippen MR) is 110 cm³/mol. The van der Waals surface area contributed by atoms with Gasteiger partial charge < -0.3 is 19.6 Å². The molecule has 0 unspecified atom stereocenters. The van der Waals surface area contributed by atoms with E-state index in [1.807, 2.05) is 42.5 Å². The molecule has 1 N–H and O–H groups in total. The molecule has 144 valence electrons. The average Bonchev–Trinajstić information content (AvgIpc) is 2.78. The normalized spacial score (nSPS) is 14.4. The molecule has 2 heterocycles. The Kier molecular flexibility index (Phi) is 5.12. The minimum atomic E-state index is -0.324. The van der Waals surface area contributed by atoms with Crippen LogP contribution in [0.1, 0.15) is 15.9 Å². The van der Waals surface area contributed by atoms with E-state index in [4.69, 9.17) is 9.72 Å². The van der Waals surface area contributed by atoms with Crippen LogP contribution >= 0.6 is 0 Å². The number of aromatic nitrogens is 1. The van der Waals surface area contributed by atoms with Crippen LogP contribution in [0.4, 0.5) is 11.5 Å². The Bertz CT molecular complexity index is 980. The van der Waals surface area contributed by atoms with E-state index in [1.54, 1.807) is 12.1 Å². The fraction of sp³-hybridized carbons (Fsp3) is 0.273. The second kappa shape index (κ2) is 7.86. The molecule has 0 amide bonds. The van der Waals surface area contributed by atoms with Gasteiger partial charge in [-0.2, -0.15) is 0 Å². The molecular weight excluding hydrogens is 354 g/mol. The van der Waals surface area contributed by atoms with E-state index in [0.29, 0.717) is 5.56 Å². The first-order valence-electron chi connectivity index (χ1n) is 9.37. The van der Waals surface area contributed by atoms with Gasteiger partial charge in [0, 0.05) is 42.8 Å². The topological polar surface area (TPSA) is 65.9 Å². The van der Waals surface area contributed by atoms with Crippen molar-refractivity contribution in [1.29, 1.82) is 0 Å².